The molecule has 0 aromatic heterocycles. The molecule has 0 aliphatic heterocycles. The Bertz CT molecular complexity index is 212. The standard InChI is InChI=1S/C12H20O2/c1-2-11(13)7-3-4-8-12(14)9-5-6-10-12/h3-4,14H,2,5-10H2,1H3/b4-3-. The van der Waals surface area contributed by atoms with E-state index in [2.05, 4.69) is 0 Å². The maximum Gasteiger partial charge on any atom is 0.136 e. The summed E-state index contributed by atoms with van der Waals surface area (Å²) in [5.74, 6) is 0.264. The molecule has 0 unspecified atom stereocenters. The molecule has 0 heterocycles. The molecule has 0 bridgehead atoms. The normalized spacial score (nSPS) is 20.4. The lowest BCUT2D eigenvalue weighted by Gasteiger charge is -2.19. The van der Waals surface area contributed by atoms with E-state index in [-0.39, 0.29) is 5.78 Å². The summed E-state index contributed by atoms with van der Waals surface area (Å²) in [6, 6.07) is 0. The van der Waals surface area contributed by atoms with E-state index in [1.165, 1.54) is 0 Å². The molecule has 2 heteroatoms. The zero-order valence-electron chi connectivity index (χ0n) is 8.96. The average molecular weight is 196 g/mol. The summed E-state index contributed by atoms with van der Waals surface area (Å²) in [4.78, 5) is 11.0. The fourth-order valence-corrected chi connectivity index (χ4v) is 1.90. The van der Waals surface area contributed by atoms with E-state index in [0.29, 0.717) is 19.3 Å². The SMILES string of the molecule is CCC(=O)C/C=C\CC1(O)CCCC1. The summed E-state index contributed by atoms with van der Waals surface area (Å²) < 4.78 is 0. The lowest BCUT2D eigenvalue weighted by molar-refractivity contribution is -0.117. The van der Waals surface area contributed by atoms with Crippen molar-refractivity contribution in [2.45, 2.75) is 57.5 Å². The first-order chi connectivity index (χ1) is 6.66. The van der Waals surface area contributed by atoms with Crippen LogP contribution in [0.1, 0.15) is 51.9 Å². The summed E-state index contributed by atoms with van der Waals surface area (Å²) in [5.41, 5.74) is -0.467. The van der Waals surface area contributed by atoms with Gasteiger partial charge in [0.1, 0.15) is 5.78 Å². The minimum absolute atomic E-state index is 0.264. The van der Waals surface area contributed by atoms with Crippen LogP contribution in [0, 0.1) is 0 Å². The van der Waals surface area contributed by atoms with E-state index in [0.717, 1.165) is 25.7 Å². The molecule has 2 nitrogen and oxygen atoms in total. The zero-order chi connectivity index (χ0) is 10.4. The van der Waals surface area contributed by atoms with E-state index in [9.17, 15) is 9.90 Å². The van der Waals surface area contributed by atoms with Gasteiger partial charge in [-0.2, -0.15) is 0 Å². The number of carbonyl (C=O) groups excluding carboxylic acids is 1. The van der Waals surface area contributed by atoms with Crippen LogP contribution in [0.3, 0.4) is 0 Å². The summed E-state index contributed by atoms with van der Waals surface area (Å²) in [7, 11) is 0. The van der Waals surface area contributed by atoms with Crippen LogP contribution >= 0.6 is 0 Å². The first-order valence-corrected chi connectivity index (χ1v) is 5.55. The van der Waals surface area contributed by atoms with Gasteiger partial charge in [-0.15, -0.1) is 0 Å². The number of rotatable bonds is 5. The Hall–Kier alpha value is -0.630. The van der Waals surface area contributed by atoms with Gasteiger partial charge in [0.15, 0.2) is 0 Å². The fraction of sp³-hybridized carbons (Fsp3) is 0.750. The number of hydrogen-bond donors (Lipinski definition) is 1. The fourth-order valence-electron chi connectivity index (χ4n) is 1.90. The lowest BCUT2D eigenvalue weighted by Crippen LogP contribution is -2.22. The van der Waals surface area contributed by atoms with Crippen LogP contribution < -0.4 is 0 Å². The molecule has 0 saturated heterocycles. The second kappa shape index (κ2) is 5.30. The van der Waals surface area contributed by atoms with Crippen molar-refractivity contribution in [3.05, 3.63) is 12.2 Å². The second-order valence-corrected chi connectivity index (χ2v) is 4.20. The van der Waals surface area contributed by atoms with Crippen molar-refractivity contribution in [1.82, 2.24) is 0 Å². The molecule has 1 aliphatic rings. The molecule has 1 rings (SSSR count). The van der Waals surface area contributed by atoms with Crippen molar-refractivity contribution in [3.8, 4) is 0 Å². The molecule has 0 spiro atoms. The highest BCUT2D eigenvalue weighted by atomic mass is 16.3. The van der Waals surface area contributed by atoms with Crippen molar-refractivity contribution >= 4 is 5.78 Å². The van der Waals surface area contributed by atoms with Crippen LogP contribution in [-0.4, -0.2) is 16.5 Å². The Morgan fingerprint density at radius 3 is 2.57 bits per heavy atom. The largest absolute Gasteiger partial charge is 0.390 e. The first-order valence-electron chi connectivity index (χ1n) is 5.55. The van der Waals surface area contributed by atoms with Crippen molar-refractivity contribution in [3.63, 3.8) is 0 Å². The summed E-state index contributed by atoms with van der Waals surface area (Å²) in [6.07, 6.45) is 9.79. The van der Waals surface area contributed by atoms with E-state index in [1.54, 1.807) is 0 Å². The van der Waals surface area contributed by atoms with Gasteiger partial charge in [0.25, 0.3) is 0 Å². The summed E-state index contributed by atoms with van der Waals surface area (Å²) >= 11 is 0. The Labute approximate surface area is 86.0 Å². The second-order valence-electron chi connectivity index (χ2n) is 4.20. The molecule has 80 valence electrons. The maximum atomic E-state index is 11.0. The van der Waals surface area contributed by atoms with Crippen molar-refractivity contribution < 1.29 is 9.90 Å². The highest BCUT2D eigenvalue weighted by Gasteiger charge is 2.29. The summed E-state index contributed by atoms with van der Waals surface area (Å²) in [5, 5.41) is 9.98. The number of Topliss-reactive ketones (excluding diaryl/α,β-unsaturated/α-hetero) is 1. The highest BCUT2D eigenvalue weighted by molar-refractivity contribution is 5.79. The molecule has 1 N–H and O–H groups in total. The third-order valence-electron chi connectivity index (χ3n) is 2.94. The number of carbonyl (C=O) groups is 1. The molecule has 0 amide bonds. The van der Waals surface area contributed by atoms with Crippen LogP contribution in [0.2, 0.25) is 0 Å². The molecule has 14 heavy (non-hydrogen) atoms. The molecular weight excluding hydrogens is 176 g/mol. The molecule has 1 saturated carbocycles. The highest BCUT2D eigenvalue weighted by Crippen LogP contribution is 2.32. The number of aliphatic hydroxyl groups is 1. The van der Waals surface area contributed by atoms with Gasteiger partial charge < -0.3 is 5.11 Å². The number of ketones is 1. The predicted molar refractivity (Wildman–Crippen MR) is 57.1 cm³/mol. The average Bonchev–Trinajstić information content (AvgIpc) is 2.60. The zero-order valence-corrected chi connectivity index (χ0v) is 8.96. The van der Waals surface area contributed by atoms with Crippen LogP contribution in [-0.2, 0) is 4.79 Å². The van der Waals surface area contributed by atoms with Crippen molar-refractivity contribution in [1.29, 1.82) is 0 Å². The van der Waals surface area contributed by atoms with Gasteiger partial charge in [0.05, 0.1) is 5.60 Å². The third kappa shape index (κ3) is 3.62. The number of hydrogen-bond acceptors (Lipinski definition) is 2. The molecule has 0 atom stereocenters. The predicted octanol–water partition coefficient (Wildman–Crippen LogP) is 2.61. The van der Waals surface area contributed by atoms with Crippen molar-refractivity contribution in [2.24, 2.45) is 0 Å². The topological polar surface area (TPSA) is 37.3 Å². The molecule has 0 radical (unpaired) electrons. The van der Waals surface area contributed by atoms with Gasteiger partial charge in [-0.25, -0.2) is 0 Å². The summed E-state index contributed by atoms with van der Waals surface area (Å²) in [6.45, 7) is 1.88. The van der Waals surface area contributed by atoms with Crippen LogP contribution in [0.4, 0.5) is 0 Å². The van der Waals surface area contributed by atoms with Gasteiger partial charge in [-0.1, -0.05) is 31.9 Å². The van der Waals surface area contributed by atoms with E-state index in [4.69, 9.17) is 0 Å². The molecular formula is C12H20O2. The van der Waals surface area contributed by atoms with Gasteiger partial charge in [0.2, 0.25) is 0 Å². The quantitative estimate of drug-likeness (QED) is 0.686. The molecule has 0 aromatic rings. The first kappa shape index (κ1) is 11.4. The van der Waals surface area contributed by atoms with Gasteiger partial charge in [-0.05, 0) is 19.3 Å². The molecule has 1 aliphatic carbocycles. The van der Waals surface area contributed by atoms with E-state index in [1.807, 2.05) is 19.1 Å². The minimum atomic E-state index is -0.467. The Balaban J connectivity index is 2.22. The molecule has 1 fully saturated rings. The monoisotopic (exact) mass is 196 g/mol. The van der Waals surface area contributed by atoms with Crippen LogP contribution in [0.5, 0.6) is 0 Å². The third-order valence-corrected chi connectivity index (χ3v) is 2.94. The minimum Gasteiger partial charge on any atom is -0.390 e. The molecule has 0 aromatic carbocycles. The van der Waals surface area contributed by atoms with Gasteiger partial charge in [0, 0.05) is 12.8 Å². The Morgan fingerprint density at radius 2 is 2.00 bits per heavy atom. The van der Waals surface area contributed by atoms with Crippen LogP contribution in [0.15, 0.2) is 12.2 Å². The van der Waals surface area contributed by atoms with E-state index < -0.39 is 5.60 Å². The number of allylic oxidation sites excluding steroid dienone is 1. The van der Waals surface area contributed by atoms with Crippen LogP contribution in [0.25, 0.3) is 0 Å². The van der Waals surface area contributed by atoms with Gasteiger partial charge in [-0.3, -0.25) is 4.79 Å². The smallest absolute Gasteiger partial charge is 0.136 e. The maximum absolute atomic E-state index is 11.0. The Morgan fingerprint density at radius 1 is 1.36 bits per heavy atom. The van der Waals surface area contributed by atoms with E-state index >= 15 is 0 Å². The van der Waals surface area contributed by atoms with Gasteiger partial charge >= 0.3 is 0 Å². The van der Waals surface area contributed by atoms with Crippen molar-refractivity contribution in [2.75, 3.05) is 0 Å². The Kier molecular flexibility index (Phi) is 4.33. The lowest BCUT2D eigenvalue weighted by atomic mass is 9.97.